The van der Waals surface area contributed by atoms with Crippen LogP contribution in [0.25, 0.3) is 0 Å². The second-order valence-electron chi connectivity index (χ2n) is 1.37. The number of H-pyrrole nitrogens is 1. The van der Waals surface area contributed by atoms with Crippen LogP contribution >= 0.6 is 0 Å². The van der Waals surface area contributed by atoms with Crippen LogP contribution in [0.4, 0.5) is 0 Å². The fourth-order valence-corrected chi connectivity index (χ4v) is 0.457. The van der Waals surface area contributed by atoms with Gasteiger partial charge in [-0.15, -0.1) is 0 Å². The number of carboxylic acid groups (broad SMARTS) is 1. The van der Waals surface area contributed by atoms with Gasteiger partial charge in [-0.2, -0.15) is 0 Å². The largest absolute Gasteiger partial charge is 1.00 e. The molecule has 52 valence electrons. The Balaban J connectivity index is 0.000000640. The minimum atomic E-state index is -1.17. The third kappa shape index (κ3) is 2.05. The Morgan fingerprint density at radius 3 is 2.56 bits per heavy atom. The molecule has 0 amide bonds. The van der Waals surface area contributed by atoms with Gasteiger partial charge in [0.1, 0.15) is 0 Å². The van der Waals surface area contributed by atoms with E-state index in [1.54, 1.807) is 6.07 Å². The molecule has 1 aromatic rings. The molecule has 0 saturated heterocycles. The van der Waals surface area contributed by atoms with E-state index in [0.29, 0.717) is 0 Å². The predicted molar refractivity (Wildman–Crippen MR) is 25.1 cm³/mol. The van der Waals surface area contributed by atoms with Crippen LogP contribution < -0.4 is 5.11 Å². The molecule has 3 nitrogen and oxygen atoms in total. The van der Waals surface area contributed by atoms with Gasteiger partial charge in [-0.25, -0.2) is 0 Å². The van der Waals surface area contributed by atoms with E-state index >= 15 is 0 Å². The number of carbonyl (C=O) groups is 1. The van der Waals surface area contributed by atoms with Crippen LogP contribution in [0.15, 0.2) is 18.3 Å². The van der Waals surface area contributed by atoms with Crippen molar-refractivity contribution in [3.63, 3.8) is 0 Å². The van der Waals surface area contributed by atoms with E-state index in [1.807, 2.05) is 0 Å². The van der Waals surface area contributed by atoms with Crippen molar-refractivity contribution in [3.8, 4) is 0 Å². The van der Waals surface area contributed by atoms with Gasteiger partial charge in [0.2, 0.25) is 0 Å². The van der Waals surface area contributed by atoms with E-state index in [4.69, 9.17) is 0 Å². The molecule has 0 bridgehead atoms. The second kappa shape index (κ2) is 3.50. The number of hydrogen-bond donors (Lipinski definition) is 1. The summed E-state index contributed by atoms with van der Waals surface area (Å²) in [5.41, 5.74) is 0.116. The molecule has 0 atom stereocenters. The minimum Gasteiger partial charge on any atom is -0.543 e. The topological polar surface area (TPSA) is 55.9 Å². The summed E-state index contributed by atoms with van der Waals surface area (Å²) >= 11 is 0. The zero-order chi connectivity index (χ0) is 5.98. The molecule has 0 aliphatic rings. The fraction of sp³-hybridized carbons (Fsp3) is 0. The Bertz CT molecular complexity index is 183. The van der Waals surface area contributed by atoms with Gasteiger partial charge in [-0.05, 0) is 12.1 Å². The molecule has 1 rings (SSSR count). The van der Waals surface area contributed by atoms with Crippen molar-refractivity contribution in [3.05, 3.63) is 24.0 Å². The minimum absolute atomic E-state index is 0. The first kappa shape index (κ1) is 8.49. The Kier molecular flexibility index (Phi) is 3.30. The molecule has 0 unspecified atom stereocenters. The van der Waals surface area contributed by atoms with Gasteiger partial charge in [0, 0.05) is 6.20 Å². The van der Waals surface area contributed by atoms with Gasteiger partial charge in [-0.1, -0.05) is 0 Å². The molecule has 0 aliphatic carbocycles. The molecule has 0 saturated carbocycles. The maximum absolute atomic E-state index is 9.92. The van der Waals surface area contributed by atoms with E-state index in [9.17, 15) is 9.90 Å². The fourth-order valence-electron chi connectivity index (χ4n) is 0.457. The van der Waals surface area contributed by atoms with Gasteiger partial charge in [0.25, 0.3) is 0 Å². The van der Waals surface area contributed by atoms with Crippen molar-refractivity contribution in [2.45, 2.75) is 0 Å². The van der Waals surface area contributed by atoms with Crippen molar-refractivity contribution in [1.29, 1.82) is 0 Å². The molecule has 0 spiro atoms. The van der Waals surface area contributed by atoms with Gasteiger partial charge >= 0.3 is 22.4 Å². The normalized spacial score (nSPS) is 8.00. The summed E-state index contributed by atoms with van der Waals surface area (Å²) in [6, 6.07) is 3.04. The van der Waals surface area contributed by atoms with E-state index in [2.05, 4.69) is 4.98 Å². The summed E-state index contributed by atoms with van der Waals surface area (Å²) in [4.78, 5) is 12.4. The van der Waals surface area contributed by atoms with E-state index in [0.717, 1.165) is 0 Å². The summed E-state index contributed by atoms with van der Waals surface area (Å²) in [5.74, 6) is -1.17. The summed E-state index contributed by atoms with van der Waals surface area (Å²) < 4.78 is 0. The van der Waals surface area contributed by atoms with Gasteiger partial charge in [-0.3, -0.25) is 0 Å². The van der Waals surface area contributed by atoms with Gasteiger partial charge in [0.15, 0.2) is 0 Å². The number of carboxylic acids is 1. The molecule has 4 heteroatoms. The van der Waals surface area contributed by atoms with Gasteiger partial charge < -0.3 is 14.9 Å². The third-order valence-electron chi connectivity index (χ3n) is 0.818. The second-order valence-corrected chi connectivity index (χ2v) is 1.37. The zero-order valence-corrected chi connectivity index (χ0v) is 6.52. The van der Waals surface area contributed by atoms with Crippen LogP contribution in [0, 0.1) is 0 Å². The van der Waals surface area contributed by atoms with E-state index in [-0.39, 0.29) is 28.1 Å². The number of hydrogen-bond acceptors (Lipinski definition) is 2. The number of carbonyl (C=O) groups excluding carboxylic acids is 1. The number of aromatic amines is 1. The maximum Gasteiger partial charge on any atom is 1.00 e. The van der Waals surface area contributed by atoms with Crippen molar-refractivity contribution in [2.75, 3.05) is 0 Å². The molecule has 0 fully saturated rings. The SMILES string of the molecule is O=C([O-])c1ccc[nH]1.[Au+]. The quantitative estimate of drug-likeness (QED) is 0.703. The smallest absolute Gasteiger partial charge is 0.543 e. The molecule has 0 aliphatic heterocycles. The molecule has 1 heterocycles. The average molecular weight is 307 g/mol. The van der Waals surface area contributed by atoms with Crippen LogP contribution in [0.5, 0.6) is 0 Å². The van der Waals surface area contributed by atoms with E-state index < -0.39 is 5.97 Å². The first-order valence-corrected chi connectivity index (χ1v) is 2.15. The van der Waals surface area contributed by atoms with Crippen LogP contribution in [0.2, 0.25) is 0 Å². The number of aromatic carboxylic acids is 1. The van der Waals surface area contributed by atoms with Crippen LogP contribution in [-0.2, 0) is 22.4 Å². The number of nitrogens with one attached hydrogen (secondary N) is 1. The summed E-state index contributed by atoms with van der Waals surface area (Å²) in [6.07, 6.45) is 1.53. The Hall–Kier alpha value is -0.510. The van der Waals surface area contributed by atoms with Crippen LogP contribution in [0.1, 0.15) is 10.5 Å². The predicted octanol–water partition coefficient (Wildman–Crippen LogP) is -0.624. The molecular formula is C5H4AuNO2. The molecular weight excluding hydrogens is 303 g/mol. The summed E-state index contributed by atoms with van der Waals surface area (Å²) in [7, 11) is 0. The first-order chi connectivity index (χ1) is 3.80. The third-order valence-corrected chi connectivity index (χ3v) is 0.818. The Labute approximate surface area is 67.6 Å². The molecule has 0 aromatic carbocycles. The Morgan fingerprint density at radius 1 is 1.67 bits per heavy atom. The van der Waals surface area contributed by atoms with Crippen molar-refractivity contribution in [2.24, 2.45) is 0 Å². The molecule has 1 N–H and O–H groups in total. The average Bonchev–Trinajstić information content (AvgIpc) is 2.12. The molecule has 0 radical (unpaired) electrons. The summed E-state index contributed by atoms with van der Waals surface area (Å²) in [5, 5.41) is 9.92. The van der Waals surface area contributed by atoms with Crippen LogP contribution in [-0.4, -0.2) is 11.0 Å². The Morgan fingerprint density at radius 2 is 2.33 bits per heavy atom. The first-order valence-electron chi connectivity index (χ1n) is 2.15. The van der Waals surface area contributed by atoms with Gasteiger partial charge in [0.05, 0.1) is 11.7 Å². The molecule has 9 heavy (non-hydrogen) atoms. The van der Waals surface area contributed by atoms with Crippen molar-refractivity contribution >= 4 is 5.97 Å². The maximum atomic E-state index is 9.92. The monoisotopic (exact) mass is 307 g/mol. The number of rotatable bonds is 1. The standard InChI is InChI=1S/C5H5NO2.Au/c7-5(8)4-2-1-3-6-4;/h1-3,6H,(H,7,8);/q;+1/p-1. The zero-order valence-electron chi connectivity index (χ0n) is 4.35. The molecule has 1 aromatic heterocycles. The van der Waals surface area contributed by atoms with E-state index in [1.165, 1.54) is 12.3 Å². The van der Waals surface area contributed by atoms with Crippen molar-refractivity contribution < 1.29 is 32.3 Å². The number of aromatic nitrogens is 1. The summed E-state index contributed by atoms with van der Waals surface area (Å²) in [6.45, 7) is 0. The van der Waals surface area contributed by atoms with Crippen LogP contribution in [0.3, 0.4) is 0 Å². The van der Waals surface area contributed by atoms with Crippen molar-refractivity contribution in [1.82, 2.24) is 4.98 Å².